The summed E-state index contributed by atoms with van der Waals surface area (Å²) in [6, 6.07) is 4.24. The molecule has 0 unspecified atom stereocenters. The molecule has 0 saturated carbocycles. The van der Waals surface area contributed by atoms with Crippen LogP contribution in [0.3, 0.4) is 0 Å². The summed E-state index contributed by atoms with van der Waals surface area (Å²) in [5.74, 6) is 0. The second-order valence-electron chi connectivity index (χ2n) is 4.18. The fraction of sp³-hybridized carbons (Fsp3) is 0.333. The van der Waals surface area contributed by atoms with Gasteiger partial charge in [-0.1, -0.05) is 11.6 Å². The van der Waals surface area contributed by atoms with E-state index in [1.807, 2.05) is 6.07 Å². The van der Waals surface area contributed by atoms with Crippen molar-refractivity contribution in [1.29, 1.82) is 0 Å². The Balaban J connectivity index is 2.37. The lowest BCUT2D eigenvalue weighted by Crippen LogP contribution is -2.22. The number of hydrogen-bond donors (Lipinski definition) is 2. The first kappa shape index (κ1) is 9.25. The van der Waals surface area contributed by atoms with Crippen LogP contribution in [-0.2, 0) is 13.0 Å². The van der Waals surface area contributed by atoms with Crippen LogP contribution >= 0.6 is 11.6 Å². The van der Waals surface area contributed by atoms with Gasteiger partial charge in [0.25, 0.3) is 0 Å². The Labute approximate surface area is 93.6 Å². The van der Waals surface area contributed by atoms with Crippen molar-refractivity contribution < 1.29 is 0 Å². The van der Waals surface area contributed by atoms with E-state index in [-0.39, 0.29) is 0 Å². The highest BCUT2D eigenvalue weighted by molar-refractivity contribution is 6.35. The number of fused-ring (bicyclic) bond motifs is 3. The third kappa shape index (κ3) is 1.36. The predicted octanol–water partition coefficient (Wildman–Crippen LogP) is 2.78. The first-order chi connectivity index (χ1) is 7.25. The fourth-order valence-corrected chi connectivity index (χ4v) is 2.68. The molecule has 2 nitrogen and oxygen atoms in total. The molecule has 0 radical (unpaired) electrons. The maximum Gasteiger partial charge on any atom is 0.0649 e. The molecule has 2 aromatic rings. The zero-order valence-electron chi connectivity index (χ0n) is 8.65. The van der Waals surface area contributed by atoms with E-state index in [1.54, 1.807) is 0 Å². The van der Waals surface area contributed by atoms with E-state index in [0.29, 0.717) is 0 Å². The standard InChI is InChI=1S/C12H13ClN2/c1-7-4-9-8-2-3-14-6-11(8)15-12(9)10(13)5-7/h4-5,14-15H,2-3,6H2,1H3. The number of aromatic amines is 1. The van der Waals surface area contributed by atoms with Crippen LogP contribution < -0.4 is 5.32 Å². The number of hydrogen-bond acceptors (Lipinski definition) is 1. The topological polar surface area (TPSA) is 27.8 Å². The quantitative estimate of drug-likeness (QED) is 0.702. The van der Waals surface area contributed by atoms with E-state index < -0.39 is 0 Å². The number of aryl methyl sites for hydroxylation is 1. The van der Waals surface area contributed by atoms with Gasteiger partial charge in [-0.05, 0) is 43.1 Å². The molecule has 15 heavy (non-hydrogen) atoms. The molecule has 1 aliphatic heterocycles. The molecule has 0 atom stereocenters. The van der Waals surface area contributed by atoms with E-state index in [9.17, 15) is 0 Å². The SMILES string of the molecule is Cc1cc(Cl)c2[nH]c3c(c2c1)CCNC3. The third-order valence-electron chi connectivity index (χ3n) is 3.05. The molecule has 3 heteroatoms. The molecular formula is C12H13ClN2. The molecule has 3 rings (SSSR count). The smallest absolute Gasteiger partial charge is 0.0649 e. The molecule has 0 aliphatic carbocycles. The van der Waals surface area contributed by atoms with Crippen LogP contribution in [0.2, 0.25) is 5.02 Å². The minimum absolute atomic E-state index is 0.833. The molecule has 1 aliphatic rings. The number of nitrogens with one attached hydrogen (secondary N) is 2. The predicted molar refractivity (Wildman–Crippen MR) is 63.5 cm³/mol. The largest absolute Gasteiger partial charge is 0.356 e. The van der Waals surface area contributed by atoms with Gasteiger partial charge in [-0.2, -0.15) is 0 Å². The van der Waals surface area contributed by atoms with Crippen LogP contribution in [0, 0.1) is 6.92 Å². The molecule has 1 aromatic carbocycles. The van der Waals surface area contributed by atoms with Crippen molar-refractivity contribution in [2.24, 2.45) is 0 Å². The molecule has 0 spiro atoms. The van der Waals surface area contributed by atoms with Gasteiger partial charge in [-0.3, -0.25) is 0 Å². The van der Waals surface area contributed by atoms with Gasteiger partial charge in [0.2, 0.25) is 0 Å². The highest BCUT2D eigenvalue weighted by atomic mass is 35.5. The second kappa shape index (κ2) is 3.26. The van der Waals surface area contributed by atoms with Crippen molar-refractivity contribution in [3.05, 3.63) is 34.0 Å². The van der Waals surface area contributed by atoms with Gasteiger partial charge in [0.15, 0.2) is 0 Å². The maximum absolute atomic E-state index is 6.23. The summed E-state index contributed by atoms with van der Waals surface area (Å²) >= 11 is 6.23. The molecule has 1 aromatic heterocycles. The molecule has 78 valence electrons. The van der Waals surface area contributed by atoms with Crippen LogP contribution in [-0.4, -0.2) is 11.5 Å². The zero-order chi connectivity index (χ0) is 10.4. The first-order valence-electron chi connectivity index (χ1n) is 5.26. The van der Waals surface area contributed by atoms with Crippen LogP contribution in [0.15, 0.2) is 12.1 Å². The van der Waals surface area contributed by atoms with Crippen molar-refractivity contribution in [2.45, 2.75) is 19.9 Å². The van der Waals surface area contributed by atoms with Crippen LogP contribution in [0.1, 0.15) is 16.8 Å². The molecular weight excluding hydrogens is 208 g/mol. The van der Waals surface area contributed by atoms with Crippen molar-refractivity contribution in [3.63, 3.8) is 0 Å². The van der Waals surface area contributed by atoms with Gasteiger partial charge >= 0.3 is 0 Å². The zero-order valence-corrected chi connectivity index (χ0v) is 9.41. The average molecular weight is 221 g/mol. The second-order valence-corrected chi connectivity index (χ2v) is 4.59. The lowest BCUT2D eigenvalue weighted by atomic mass is 10.0. The highest BCUT2D eigenvalue weighted by Gasteiger charge is 2.16. The van der Waals surface area contributed by atoms with E-state index in [0.717, 1.165) is 30.0 Å². The number of benzene rings is 1. The van der Waals surface area contributed by atoms with Gasteiger partial charge in [-0.15, -0.1) is 0 Å². The molecule has 2 N–H and O–H groups in total. The molecule has 0 fully saturated rings. The van der Waals surface area contributed by atoms with Gasteiger partial charge in [-0.25, -0.2) is 0 Å². The number of halogens is 1. The minimum Gasteiger partial charge on any atom is -0.356 e. The van der Waals surface area contributed by atoms with Gasteiger partial charge < -0.3 is 10.3 Å². The Morgan fingerprint density at radius 2 is 2.20 bits per heavy atom. The summed E-state index contributed by atoms with van der Waals surface area (Å²) in [5.41, 5.74) is 5.06. The third-order valence-corrected chi connectivity index (χ3v) is 3.35. The lowest BCUT2D eigenvalue weighted by Gasteiger charge is -2.12. The Kier molecular flexibility index (Phi) is 2.01. The molecule has 0 amide bonds. The van der Waals surface area contributed by atoms with E-state index in [1.165, 1.54) is 22.2 Å². The lowest BCUT2D eigenvalue weighted by molar-refractivity contribution is 0.637. The highest BCUT2D eigenvalue weighted by Crippen LogP contribution is 2.30. The summed E-state index contributed by atoms with van der Waals surface area (Å²) in [6.07, 6.45) is 1.09. The Bertz CT molecular complexity index is 528. The Hall–Kier alpha value is -0.990. The number of aromatic nitrogens is 1. The summed E-state index contributed by atoms with van der Waals surface area (Å²) in [7, 11) is 0. The average Bonchev–Trinajstić information content (AvgIpc) is 2.57. The maximum atomic E-state index is 6.23. The summed E-state index contributed by atoms with van der Waals surface area (Å²) in [5, 5.41) is 5.50. The Morgan fingerprint density at radius 3 is 3.07 bits per heavy atom. The minimum atomic E-state index is 0.833. The van der Waals surface area contributed by atoms with Crippen LogP contribution in [0.25, 0.3) is 10.9 Å². The van der Waals surface area contributed by atoms with Crippen LogP contribution in [0.4, 0.5) is 0 Å². The van der Waals surface area contributed by atoms with E-state index in [4.69, 9.17) is 11.6 Å². The van der Waals surface area contributed by atoms with Crippen molar-refractivity contribution >= 4 is 22.5 Å². The summed E-state index contributed by atoms with van der Waals surface area (Å²) < 4.78 is 0. The van der Waals surface area contributed by atoms with Gasteiger partial charge in [0.1, 0.15) is 0 Å². The molecule has 2 heterocycles. The fourth-order valence-electron chi connectivity index (χ4n) is 2.36. The van der Waals surface area contributed by atoms with Gasteiger partial charge in [0, 0.05) is 17.6 Å². The van der Waals surface area contributed by atoms with Gasteiger partial charge in [0.05, 0.1) is 10.5 Å². The first-order valence-corrected chi connectivity index (χ1v) is 5.64. The summed E-state index contributed by atoms with van der Waals surface area (Å²) in [6.45, 7) is 4.08. The summed E-state index contributed by atoms with van der Waals surface area (Å²) in [4.78, 5) is 3.42. The monoisotopic (exact) mass is 220 g/mol. The van der Waals surface area contributed by atoms with Crippen molar-refractivity contribution in [3.8, 4) is 0 Å². The van der Waals surface area contributed by atoms with E-state index >= 15 is 0 Å². The molecule has 0 saturated heterocycles. The van der Waals surface area contributed by atoms with Crippen molar-refractivity contribution in [1.82, 2.24) is 10.3 Å². The van der Waals surface area contributed by atoms with E-state index in [2.05, 4.69) is 23.3 Å². The van der Waals surface area contributed by atoms with Crippen LogP contribution in [0.5, 0.6) is 0 Å². The Morgan fingerprint density at radius 1 is 1.33 bits per heavy atom. The number of rotatable bonds is 0. The van der Waals surface area contributed by atoms with Crippen molar-refractivity contribution in [2.75, 3.05) is 6.54 Å². The molecule has 0 bridgehead atoms. The number of H-pyrrole nitrogens is 1. The normalized spacial score (nSPS) is 15.6.